The van der Waals surface area contributed by atoms with Crippen LogP contribution in [0, 0.1) is 0 Å². The number of primary amides is 1. The quantitative estimate of drug-likeness (QED) is 0.808. The second kappa shape index (κ2) is 6.56. The standard InChI is InChI=1S/C15H21N3O4S/c16-15(19)13-3-1-12(2-4-13)11-18(14-5-6-14)23(20,21)17-7-9-22-10-8-17/h1-4,14H,5-11H2,(H2,16,19). The zero-order valence-electron chi connectivity index (χ0n) is 12.8. The van der Waals surface area contributed by atoms with Crippen LogP contribution in [0.25, 0.3) is 0 Å². The smallest absolute Gasteiger partial charge is 0.282 e. The fourth-order valence-corrected chi connectivity index (χ4v) is 4.45. The highest BCUT2D eigenvalue weighted by molar-refractivity contribution is 7.86. The molecule has 2 fully saturated rings. The number of hydrogen-bond donors (Lipinski definition) is 1. The van der Waals surface area contributed by atoms with Gasteiger partial charge < -0.3 is 10.5 Å². The number of benzene rings is 1. The van der Waals surface area contributed by atoms with E-state index in [0.717, 1.165) is 18.4 Å². The van der Waals surface area contributed by atoms with Gasteiger partial charge in [0.15, 0.2) is 0 Å². The van der Waals surface area contributed by atoms with Crippen LogP contribution in [0.2, 0.25) is 0 Å². The van der Waals surface area contributed by atoms with Gasteiger partial charge in [0.05, 0.1) is 13.2 Å². The number of hydrogen-bond acceptors (Lipinski definition) is 4. The predicted octanol–water partition coefficient (Wildman–Crippen LogP) is 0.327. The van der Waals surface area contributed by atoms with Gasteiger partial charge in [0.1, 0.15) is 0 Å². The molecule has 1 aliphatic carbocycles. The summed E-state index contributed by atoms with van der Waals surface area (Å²) in [6.45, 7) is 1.97. The molecule has 0 aromatic heterocycles. The van der Waals surface area contributed by atoms with Gasteiger partial charge >= 0.3 is 0 Å². The summed E-state index contributed by atoms with van der Waals surface area (Å²) in [5.74, 6) is -0.489. The maximum atomic E-state index is 12.9. The lowest BCUT2D eigenvalue weighted by Crippen LogP contribution is -2.49. The number of morpholine rings is 1. The van der Waals surface area contributed by atoms with Crippen LogP contribution in [-0.2, 0) is 21.5 Å². The first kappa shape index (κ1) is 16.4. The van der Waals surface area contributed by atoms with E-state index < -0.39 is 16.1 Å². The number of nitrogens with zero attached hydrogens (tertiary/aromatic N) is 2. The lowest BCUT2D eigenvalue weighted by molar-refractivity contribution is 0.0698. The molecule has 2 N–H and O–H groups in total. The van der Waals surface area contributed by atoms with E-state index in [2.05, 4.69) is 0 Å². The van der Waals surface area contributed by atoms with E-state index in [1.807, 2.05) is 0 Å². The Kier molecular flexibility index (Phi) is 4.67. The van der Waals surface area contributed by atoms with Crippen LogP contribution in [0.3, 0.4) is 0 Å². The topological polar surface area (TPSA) is 92.9 Å². The maximum Gasteiger partial charge on any atom is 0.282 e. The zero-order valence-corrected chi connectivity index (χ0v) is 13.7. The van der Waals surface area contributed by atoms with Crippen molar-refractivity contribution in [3.63, 3.8) is 0 Å². The Bertz CT molecular complexity index is 664. The monoisotopic (exact) mass is 339 g/mol. The molecule has 3 rings (SSSR count). The lowest BCUT2D eigenvalue weighted by Gasteiger charge is -2.32. The SMILES string of the molecule is NC(=O)c1ccc(CN(C2CC2)S(=O)(=O)N2CCOCC2)cc1. The normalized spacial score (nSPS) is 19.9. The lowest BCUT2D eigenvalue weighted by atomic mass is 10.1. The van der Waals surface area contributed by atoms with Crippen molar-refractivity contribution in [2.24, 2.45) is 5.73 Å². The average molecular weight is 339 g/mol. The van der Waals surface area contributed by atoms with Crippen LogP contribution >= 0.6 is 0 Å². The van der Waals surface area contributed by atoms with E-state index in [0.29, 0.717) is 38.4 Å². The number of amides is 1. The molecule has 0 bridgehead atoms. The van der Waals surface area contributed by atoms with Gasteiger partial charge in [-0.25, -0.2) is 0 Å². The molecular formula is C15H21N3O4S. The summed E-state index contributed by atoms with van der Waals surface area (Å²) in [6.07, 6.45) is 1.78. The van der Waals surface area contributed by atoms with Gasteiger partial charge in [-0.2, -0.15) is 17.0 Å². The number of nitrogens with two attached hydrogens (primary N) is 1. The molecule has 0 atom stereocenters. The van der Waals surface area contributed by atoms with Crippen LogP contribution in [0.15, 0.2) is 24.3 Å². The summed E-state index contributed by atoms with van der Waals surface area (Å²) in [5, 5.41) is 0. The van der Waals surface area contributed by atoms with Crippen molar-refractivity contribution in [1.82, 2.24) is 8.61 Å². The second-order valence-electron chi connectivity index (χ2n) is 5.86. The number of carbonyl (C=O) groups is 1. The zero-order chi connectivity index (χ0) is 16.4. The Labute approximate surface area is 136 Å². The van der Waals surface area contributed by atoms with Crippen molar-refractivity contribution >= 4 is 16.1 Å². The largest absolute Gasteiger partial charge is 0.379 e. The maximum absolute atomic E-state index is 12.9. The molecule has 1 heterocycles. The van der Waals surface area contributed by atoms with Crippen molar-refractivity contribution in [3.8, 4) is 0 Å². The minimum Gasteiger partial charge on any atom is -0.379 e. The van der Waals surface area contributed by atoms with Crippen molar-refractivity contribution in [3.05, 3.63) is 35.4 Å². The van der Waals surface area contributed by atoms with E-state index >= 15 is 0 Å². The molecule has 0 spiro atoms. The number of rotatable bonds is 6. The molecule has 1 amide bonds. The molecular weight excluding hydrogens is 318 g/mol. The molecule has 1 saturated heterocycles. The van der Waals surface area contributed by atoms with Gasteiger partial charge in [-0.15, -0.1) is 0 Å². The van der Waals surface area contributed by atoms with Crippen molar-refractivity contribution in [2.45, 2.75) is 25.4 Å². The third-order valence-corrected chi connectivity index (χ3v) is 6.16. The Morgan fingerprint density at radius 1 is 1.22 bits per heavy atom. The van der Waals surface area contributed by atoms with E-state index in [1.165, 1.54) is 4.31 Å². The molecule has 7 nitrogen and oxygen atoms in total. The van der Waals surface area contributed by atoms with E-state index in [4.69, 9.17) is 10.5 Å². The summed E-state index contributed by atoms with van der Waals surface area (Å²) < 4.78 is 34.0. The number of ether oxygens (including phenoxy) is 1. The van der Waals surface area contributed by atoms with Crippen LogP contribution in [-0.4, -0.2) is 55.3 Å². The molecule has 2 aliphatic rings. The van der Waals surface area contributed by atoms with Crippen LogP contribution in [0.1, 0.15) is 28.8 Å². The molecule has 126 valence electrons. The molecule has 1 aromatic carbocycles. The Balaban J connectivity index is 1.77. The Morgan fingerprint density at radius 3 is 2.35 bits per heavy atom. The molecule has 1 aromatic rings. The first-order chi connectivity index (χ1) is 11.0. The summed E-state index contributed by atoms with van der Waals surface area (Å²) in [4.78, 5) is 11.1. The molecule has 8 heteroatoms. The molecule has 1 aliphatic heterocycles. The van der Waals surface area contributed by atoms with Crippen molar-refractivity contribution in [1.29, 1.82) is 0 Å². The average Bonchev–Trinajstić information content (AvgIpc) is 3.38. The number of carbonyl (C=O) groups excluding carboxylic acids is 1. The van der Waals surface area contributed by atoms with Gasteiger partial charge in [0.2, 0.25) is 5.91 Å². The van der Waals surface area contributed by atoms with Gasteiger partial charge in [0.25, 0.3) is 10.2 Å². The molecule has 23 heavy (non-hydrogen) atoms. The summed E-state index contributed by atoms with van der Waals surface area (Å²) in [6, 6.07) is 6.83. The van der Waals surface area contributed by atoms with Gasteiger partial charge in [-0.3, -0.25) is 4.79 Å². The van der Waals surface area contributed by atoms with Crippen molar-refractivity contribution < 1.29 is 17.9 Å². The first-order valence-electron chi connectivity index (χ1n) is 7.72. The fourth-order valence-electron chi connectivity index (χ4n) is 2.64. The predicted molar refractivity (Wildman–Crippen MR) is 84.8 cm³/mol. The minimum atomic E-state index is -3.49. The first-order valence-corrected chi connectivity index (χ1v) is 9.11. The fraction of sp³-hybridized carbons (Fsp3) is 0.533. The van der Waals surface area contributed by atoms with Gasteiger partial charge in [0, 0.05) is 31.2 Å². The molecule has 1 saturated carbocycles. The molecule has 0 radical (unpaired) electrons. The minimum absolute atomic E-state index is 0.0682. The van der Waals surface area contributed by atoms with Crippen LogP contribution in [0.5, 0.6) is 0 Å². The Morgan fingerprint density at radius 2 is 1.83 bits per heavy atom. The van der Waals surface area contributed by atoms with E-state index in [9.17, 15) is 13.2 Å². The highest BCUT2D eigenvalue weighted by Crippen LogP contribution is 2.32. The highest BCUT2D eigenvalue weighted by atomic mass is 32.2. The van der Waals surface area contributed by atoms with Crippen LogP contribution < -0.4 is 5.73 Å². The third-order valence-electron chi connectivity index (χ3n) is 4.12. The van der Waals surface area contributed by atoms with Gasteiger partial charge in [-0.05, 0) is 30.5 Å². The molecule has 0 unspecified atom stereocenters. The van der Waals surface area contributed by atoms with E-state index in [-0.39, 0.29) is 6.04 Å². The summed E-state index contributed by atoms with van der Waals surface area (Å²) in [7, 11) is -3.49. The van der Waals surface area contributed by atoms with E-state index in [1.54, 1.807) is 28.6 Å². The highest BCUT2D eigenvalue weighted by Gasteiger charge is 2.40. The van der Waals surface area contributed by atoms with Crippen molar-refractivity contribution in [2.75, 3.05) is 26.3 Å². The Hall–Kier alpha value is -1.48. The summed E-state index contributed by atoms with van der Waals surface area (Å²) >= 11 is 0. The van der Waals surface area contributed by atoms with Gasteiger partial charge in [-0.1, -0.05) is 12.1 Å². The third kappa shape index (κ3) is 3.72. The summed E-state index contributed by atoms with van der Waals surface area (Å²) in [5.41, 5.74) is 6.49. The second-order valence-corrected chi connectivity index (χ2v) is 7.74. The van der Waals surface area contributed by atoms with Crippen LogP contribution in [0.4, 0.5) is 0 Å².